The van der Waals surface area contributed by atoms with E-state index in [9.17, 15) is 4.79 Å². The number of anilines is 2. The molecule has 8 nitrogen and oxygen atoms in total. The third kappa shape index (κ3) is 6.38. The SMILES string of the molecule is CCN(C)CC=CC(=O)N1CCc2c(sc3ncnc(Nc4ccc(OCc5cccc(C)n5)c(Cl)c4)c23)C1. The third-order valence-corrected chi connectivity index (χ3v) is 8.10. The first-order valence-electron chi connectivity index (χ1n) is 12.9. The Labute approximate surface area is 237 Å². The molecule has 1 aromatic carbocycles. The molecular formula is C29H31ClN6O2S. The van der Waals surface area contributed by atoms with Gasteiger partial charge in [-0.1, -0.05) is 30.7 Å². The van der Waals surface area contributed by atoms with Crippen molar-refractivity contribution in [1.82, 2.24) is 24.8 Å². The number of aromatic nitrogens is 3. The Hall–Kier alpha value is -3.53. The van der Waals surface area contributed by atoms with E-state index in [1.165, 1.54) is 5.56 Å². The number of carbonyl (C=O) groups excluding carboxylic acids is 1. The van der Waals surface area contributed by atoms with Crippen molar-refractivity contribution in [3.05, 3.63) is 81.7 Å². The van der Waals surface area contributed by atoms with Gasteiger partial charge in [0.2, 0.25) is 5.91 Å². The lowest BCUT2D eigenvalue weighted by molar-refractivity contribution is -0.126. The lowest BCUT2D eigenvalue weighted by Gasteiger charge is -2.26. The molecule has 0 spiro atoms. The number of pyridine rings is 1. The Kier molecular flexibility index (Phi) is 8.40. The van der Waals surface area contributed by atoms with Crippen molar-refractivity contribution in [3.8, 4) is 5.75 Å². The minimum Gasteiger partial charge on any atom is -0.486 e. The molecule has 10 heteroatoms. The second kappa shape index (κ2) is 12.1. The zero-order valence-corrected chi connectivity index (χ0v) is 23.8. The van der Waals surface area contributed by atoms with E-state index < -0.39 is 0 Å². The van der Waals surface area contributed by atoms with Crippen LogP contribution in [0.4, 0.5) is 11.5 Å². The van der Waals surface area contributed by atoms with Gasteiger partial charge in [-0.25, -0.2) is 9.97 Å². The smallest absolute Gasteiger partial charge is 0.246 e. The number of thiophene rings is 1. The van der Waals surface area contributed by atoms with Crippen LogP contribution in [0.5, 0.6) is 5.75 Å². The molecule has 1 amide bonds. The highest BCUT2D eigenvalue weighted by molar-refractivity contribution is 7.19. The molecule has 4 heterocycles. The second-order valence-electron chi connectivity index (χ2n) is 9.50. The van der Waals surface area contributed by atoms with Gasteiger partial charge in [-0.15, -0.1) is 11.3 Å². The van der Waals surface area contributed by atoms with Crippen LogP contribution < -0.4 is 10.1 Å². The summed E-state index contributed by atoms with van der Waals surface area (Å²) in [5.74, 6) is 1.36. The van der Waals surface area contributed by atoms with Gasteiger partial charge in [0.05, 0.1) is 22.6 Å². The summed E-state index contributed by atoms with van der Waals surface area (Å²) in [4.78, 5) is 32.4. The standard InChI is InChI=1S/C29H31ClN6O2S/c1-4-35(3)13-6-9-26(37)36-14-12-22-25(16-36)39-29-27(22)28(31-18-32-29)34-20-10-11-24(23(30)15-20)38-17-21-8-5-7-19(2)33-21/h5-11,15,18H,4,12-14,16-17H2,1-3H3,(H,31,32,34). The van der Waals surface area contributed by atoms with Gasteiger partial charge in [-0.3, -0.25) is 9.78 Å². The third-order valence-electron chi connectivity index (χ3n) is 6.68. The van der Waals surface area contributed by atoms with Crippen LogP contribution in [0.15, 0.2) is 54.9 Å². The highest BCUT2D eigenvalue weighted by atomic mass is 35.5. The summed E-state index contributed by atoms with van der Waals surface area (Å²) in [5.41, 5.74) is 3.80. The fourth-order valence-corrected chi connectivity index (χ4v) is 5.88. The summed E-state index contributed by atoms with van der Waals surface area (Å²) < 4.78 is 5.90. The summed E-state index contributed by atoms with van der Waals surface area (Å²) in [6.07, 6.45) is 5.94. The predicted octanol–water partition coefficient (Wildman–Crippen LogP) is 5.76. The number of amides is 1. The molecule has 0 bridgehead atoms. The molecule has 1 aliphatic heterocycles. The van der Waals surface area contributed by atoms with Crippen molar-refractivity contribution < 1.29 is 9.53 Å². The zero-order chi connectivity index (χ0) is 27.4. The van der Waals surface area contributed by atoms with Gasteiger partial charge in [0.25, 0.3) is 0 Å². The number of carbonyl (C=O) groups is 1. The fourth-order valence-electron chi connectivity index (χ4n) is 4.44. The maximum atomic E-state index is 12.8. The number of rotatable bonds is 9. The van der Waals surface area contributed by atoms with Crippen molar-refractivity contribution >= 4 is 50.6 Å². The summed E-state index contributed by atoms with van der Waals surface area (Å²) >= 11 is 8.17. The van der Waals surface area contributed by atoms with Crippen LogP contribution in [-0.2, 0) is 24.4 Å². The van der Waals surface area contributed by atoms with E-state index in [0.29, 0.717) is 30.5 Å². The van der Waals surface area contributed by atoms with Gasteiger partial charge in [-0.2, -0.15) is 0 Å². The number of benzene rings is 1. The van der Waals surface area contributed by atoms with E-state index in [1.54, 1.807) is 23.7 Å². The molecule has 0 fully saturated rings. The number of ether oxygens (including phenoxy) is 1. The fraction of sp³-hybridized carbons (Fsp3) is 0.310. The molecular weight excluding hydrogens is 532 g/mol. The Bertz CT molecular complexity index is 1520. The average molecular weight is 563 g/mol. The molecule has 0 aliphatic carbocycles. The summed E-state index contributed by atoms with van der Waals surface area (Å²) in [6, 6.07) is 11.4. The van der Waals surface area contributed by atoms with E-state index in [0.717, 1.165) is 57.5 Å². The quantitative estimate of drug-likeness (QED) is 0.259. The first-order chi connectivity index (χ1) is 18.9. The number of nitrogens with one attached hydrogen (secondary N) is 1. The molecule has 202 valence electrons. The summed E-state index contributed by atoms with van der Waals surface area (Å²) in [7, 11) is 2.03. The Morgan fingerprint density at radius 1 is 1.28 bits per heavy atom. The Balaban J connectivity index is 1.29. The number of hydrogen-bond acceptors (Lipinski definition) is 8. The number of nitrogens with zero attached hydrogens (tertiary/aromatic N) is 5. The minimum absolute atomic E-state index is 0.0437. The summed E-state index contributed by atoms with van der Waals surface area (Å²) in [6.45, 7) is 7.33. The number of likely N-dealkylation sites (N-methyl/N-ethyl adjacent to an activating group) is 1. The van der Waals surface area contributed by atoms with Crippen molar-refractivity contribution in [2.24, 2.45) is 0 Å². The van der Waals surface area contributed by atoms with Crippen LogP contribution in [-0.4, -0.2) is 57.3 Å². The van der Waals surface area contributed by atoms with Gasteiger partial charge in [-0.05, 0) is 62.8 Å². The number of fused-ring (bicyclic) bond motifs is 3. The lowest BCUT2D eigenvalue weighted by Crippen LogP contribution is -2.34. The molecule has 1 N–H and O–H groups in total. The van der Waals surface area contributed by atoms with E-state index in [-0.39, 0.29) is 5.91 Å². The van der Waals surface area contributed by atoms with Crippen LogP contribution in [0, 0.1) is 6.92 Å². The molecule has 0 radical (unpaired) electrons. The lowest BCUT2D eigenvalue weighted by atomic mass is 10.0. The largest absolute Gasteiger partial charge is 0.486 e. The number of aryl methyl sites for hydroxylation is 1. The number of hydrogen-bond donors (Lipinski definition) is 1. The van der Waals surface area contributed by atoms with Crippen LogP contribution in [0.3, 0.4) is 0 Å². The van der Waals surface area contributed by atoms with Gasteiger partial charge >= 0.3 is 0 Å². The monoisotopic (exact) mass is 562 g/mol. The summed E-state index contributed by atoms with van der Waals surface area (Å²) in [5, 5.41) is 4.92. The molecule has 0 saturated heterocycles. The number of halogens is 1. The minimum atomic E-state index is 0.0437. The van der Waals surface area contributed by atoms with Crippen molar-refractivity contribution in [2.75, 3.05) is 32.0 Å². The topological polar surface area (TPSA) is 83.5 Å². The second-order valence-corrected chi connectivity index (χ2v) is 11.0. The average Bonchev–Trinajstić information content (AvgIpc) is 3.31. The Morgan fingerprint density at radius 3 is 2.95 bits per heavy atom. The van der Waals surface area contributed by atoms with Crippen molar-refractivity contribution in [1.29, 1.82) is 0 Å². The first-order valence-corrected chi connectivity index (χ1v) is 14.1. The van der Waals surface area contributed by atoms with Gasteiger partial charge < -0.3 is 19.9 Å². The highest BCUT2D eigenvalue weighted by Gasteiger charge is 2.25. The van der Waals surface area contributed by atoms with Gasteiger partial charge in [0, 0.05) is 35.4 Å². The molecule has 5 rings (SSSR count). The van der Waals surface area contributed by atoms with Crippen molar-refractivity contribution in [3.63, 3.8) is 0 Å². The van der Waals surface area contributed by atoms with Crippen LogP contribution in [0.25, 0.3) is 10.2 Å². The van der Waals surface area contributed by atoms with Crippen LogP contribution >= 0.6 is 22.9 Å². The molecule has 4 aromatic rings. The van der Waals surface area contributed by atoms with E-state index >= 15 is 0 Å². The normalized spacial score (nSPS) is 13.3. The van der Waals surface area contributed by atoms with E-state index in [1.807, 2.05) is 61.3 Å². The van der Waals surface area contributed by atoms with Gasteiger partial charge in [0.15, 0.2) is 0 Å². The molecule has 0 atom stereocenters. The van der Waals surface area contributed by atoms with Crippen molar-refractivity contribution in [2.45, 2.75) is 33.4 Å². The molecule has 39 heavy (non-hydrogen) atoms. The van der Waals surface area contributed by atoms with Gasteiger partial charge in [0.1, 0.15) is 29.3 Å². The zero-order valence-electron chi connectivity index (χ0n) is 22.3. The Morgan fingerprint density at radius 2 is 2.15 bits per heavy atom. The maximum Gasteiger partial charge on any atom is 0.246 e. The molecule has 0 saturated carbocycles. The molecule has 0 unspecified atom stereocenters. The maximum absolute atomic E-state index is 12.8. The van der Waals surface area contributed by atoms with E-state index in [4.69, 9.17) is 16.3 Å². The predicted molar refractivity (Wildman–Crippen MR) is 157 cm³/mol. The van der Waals surface area contributed by atoms with Crippen LogP contribution in [0.1, 0.15) is 28.8 Å². The van der Waals surface area contributed by atoms with E-state index in [2.05, 4.69) is 32.1 Å². The van der Waals surface area contributed by atoms with Crippen LogP contribution in [0.2, 0.25) is 5.02 Å². The molecule has 1 aliphatic rings. The first kappa shape index (κ1) is 27.1. The highest BCUT2D eigenvalue weighted by Crippen LogP contribution is 2.38. The molecule has 3 aromatic heterocycles.